The van der Waals surface area contributed by atoms with Crippen LogP contribution in [0.1, 0.15) is 32.2 Å². The van der Waals surface area contributed by atoms with Crippen LogP contribution in [0.4, 0.5) is 29.3 Å². The maximum Gasteiger partial charge on any atom is 0.416 e. The monoisotopic (exact) mass is 538 g/mol. The molecule has 0 radical (unpaired) electrons. The van der Waals surface area contributed by atoms with E-state index in [1.165, 1.54) is 24.4 Å². The molecule has 1 amide bonds. The van der Waals surface area contributed by atoms with Crippen molar-refractivity contribution in [2.75, 3.05) is 16.2 Å². The van der Waals surface area contributed by atoms with Crippen molar-refractivity contribution < 1.29 is 35.9 Å². The van der Waals surface area contributed by atoms with E-state index in [0.29, 0.717) is 11.9 Å². The maximum atomic E-state index is 13.7. The number of amides is 1. The Morgan fingerprint density at radius 1 is 1.22 bits per heavy atom. The van der Waals surface area contributed by atoms with Gasteiger partial charge in [0, 0.05) is 24.5 Å². The van der Waals surface area contributed by atoms with Crippen molar-refractivity contribution in [3.63, 3.8) is 0 Å². The molecule has 0 spiro atoms. The summed E-state index contributed by atoms with van der Waals surface area (Å²) in [6.07, 6.45) is -2.80. The number of rotatable bonds is 5. The van der Waals surface area contributed by atoms with Crippen LogP contribution < -0.4 is 14.4 Å². The van der Waals surface area contributed by atoms with E-state index in [4.69, 9.17) is 9.47 Å². The molecule has 0 bridgehead atoms. The molecule has 13 heteroatoms. The van der Waals surface area contributed by atoms with E-state index in [9.17, 15) is 26.4 Å². The van der Waals surface area contributed by atoms with Gasteiger partial charge in [0.25, 0.3) is 10.0 Å². The van der Waals surface area contributed by atoms with Crippen LogP contribution in [0.5, 0.6) is 5.75 Å². The summed E-state index contributed by atoms with van der Waals surface area (Å²) >= 11 is 0. The van der Waals surface area contributed by atoms with Gasteiger partial charge in [0.15, 0.2) is 0 Å². The van der Waals surface area contributed by atoms with Crippen LogP contribution in [0, 0.1) is 0 Å². The standard InChI is InChI=1S/C24H25F3N4O5S/c1-23(2,3)36-22(32)30-16-7-8-20-19(12-16)31(14-17(35-20)13-21-28-9-10-29-21)37(33,34)18-6-4-5-15(11-18)24(25,26)27/h4-12,17H,13-14H2,1-3H3,(H,28,29)(H,30,32). The third kappa shape index (κ3) is 6.16. The van der Waals surface area contributed by atoms with Crippen LogP contribution in [0.15, 0.2) is 59.8 Å². The average Bonchev–Trinajstić information content (AvgIpc) is 3.30. The number of hydrogen-bond donors (Lipinski definition) is 2. The smallest absolute Gasteiger partial charge is 0.416 e. The normalized spacial score (nSPS) is 16.1. The molecule has 1 atom stereocenters. The number of halogens is 3. The molecular weight excluding hydrogens is 513 g/mol. The van der Waals surface area contributed by atoms with Crippen LogP contribution >= 0.6 is 0 Å². The minimum absolute atomic E-state index is 0.0571. The van der Waals surface area contributed by atoms with Gasteiger partial charge in [0.1, 0.15) is 23.3 Å². The summed E-state index contributed by atoms with van der Waals surface area (Å²) in [5.41, 5.74) is -1.58. The molecule has 1 aliphatic heterocycles. The number of anilines is 2. The van der Waals surface area contributed by atoms with Gasteiger partial charge in [0.2, 0.25) is 0 Å². The van der Waals surface area contributed by atoms with Crippen LogP contribution in [-0.4, -0.2) is 42.7 Å². The molecule has 4 rings (SSSR count). The quantitative estimate of drug-likeness (QED) is 0.474. The molecule has 9 nitrogen and oxygen atoms in total. The van der Waals surface area contributed by atoms with E-state index in [2.05, 4.69) is 15.3 Å². The summed E-state index contributed by atoms with van der Waals surface area (Å²) in [6, 6.07) is 7.89. The molecule has 2 aromatic carbocycles. The van der Waals surface area contributed by atoms with Gasteiger partial charge in [0.05, 0.1) is 22.7 Å². The first-order valence-corrected chi connectivity index (χ1v) is 12.7. The molecule has 198 valence electrons. The van der Waals surface area contributed by atoms with E-state index in [1.54, 1.807) is 27.0 Å². The summed E-state index contributed by atoms with van der Waals surface area (Å²) in [4.78, 5) is 18.8. The highest BCUT2D eigenvalue weighted by atomic mass is 32.2. The molecule has 0 saturated carbocycles. The zero-order valence-corrected chi connectivity index (χ0v) is 21.0. The molecule has 1 aliphatic rings. The molecule has 37 heavy (non-hydrogen) atoms. The number of carbonyl (C=O) groups is 1. The third-order valence-electron chi connectivity index (χ3n) is 5.26. The fourth-order valence-electron chi connectivity index (χ4n) is 3.73. The number of benzene rings is 2. The number of carbonyl (C=O) groups excluding carboxylic acids is 1. The minimum atomic E-state index is -4.72. The fraction of sp³-hybridized carbons (Fsp3) is 0.333. The number of imidazole rings is 1. The Bertz CT molecular complexity index is 1390. The van der Waals surface area contributed by atoms with E-state index < -0.39 is 44.5 Å². The third-order valence-corrected chi connectivity index (χ3v) is 7.04. The number of H-pyrrole nitrogens is 1. The number of aromatic nitrogens is 2. The van der Waals surface area contributed by atoms with Crippen molar-refractivity contribution in [2.45, 2.75) is 50.0 Å². The lowest BCUT2D eigenvalue weighted by Gasteiger charge is -2.35. The Labute approximate surface area is 211 Å². The Morgan fingerprint density at radius 3 is 2.62 bits per heavy atom. The molecule has 2 N–H and O–H groups in total. The van der Waals surface area contributed by atoms with Crippen LogP contribution in [0.25, 0.3) is 0 Å². The maximum absolute atomic E-state index is 13.7. The molecule has 0 aliphatic carbocycles. The average molecular weight is 539 g/mol. The number of nitrogens with one attached hydrogen (secondary N) is 2. The number of aromatic amines is 1. The number of fused-ring (bicyclic) bond motifs is 1. The highest BCUT2D eigenvalue weighted by molar-refractivity contribution is 7.92. The predicted octanol–water partition coefficient (Wildman–Crippen LogP) is 4.97. The topological polar surface area (TPSA) is 114 Å². The van der Waals surface area contributed by atoms with Gasteiger partial charge in [-0.05, 0) is 57.2 Å². The van der Waals surface area contributed by atoms with Crippen molar-refractivity contribution in [1.29, 1.82) is 0 Å². The van der Waals surface area contributed by atoms with Gasteiger partial charge in [-0.2, -0.15) is 13.2 Å². The summed E-state index contributed by atoms with van der Waals surface area (Å²) in [5, 5.41) is 2.53. The Balaban J connectivity index is 1.73. The van der Waals surface area contributed by atoms with Gasteiger partial charge in [-0.3, -0.25) is 9.62 Å². The van der Waals surface area contributed by atoms with Gasteiger partial charge >= 0.3 is 12.3 Å². The Hall–Kier alpha value is -3.74. The van der Waals surface area contributed by atoms with Crippen LogP contribution in [0.3, 0.4) is 0 Å². The first kappa shape index (κ1) is 26.3. The highest BCUT2D eigenvalue weighted by Gasteiger charge is 2.37. The zero-order chi connectivity index (χ0) is 27.0. The van der Waals surface area contributed by atoms with Crippen molar-refractivity contribution in [3.05, 3.63) is 66.2 Å². The molecular formula is C24H25F3N4O5S. The van der Waals surface area contributed by atoms with Crippen molar-refractivity contribution in [2.24, 2.45) is 0 Å². The minimum Gasteiger partial charge on any atom is -0.486 e. The van der Waals surface area contributed by atoms with E-state index in [0.717, 1.165) is 22.5 Å². The second-order valence-corrected chi connectivity index (χ2v) is 11.2. The van der Waals surface area contributed by atoms with Crippen molar-refractivity contribution >= 4 is 27.5 Å². The lowest BCUT2D eigenvalue weighted by atomic mass is 10.1. The van der Waals surface area contributed by atoms with E-state index in [1.807, 2.05) is 0 Å². The van der Waals surface area contributed by atoms with Gasteiger partial charge in [-0.1, -0.05) is 6.07 Å². The van der Waals surface area contributed by atoms with Gasteiger partial charge in [-0.25, -0.2) is 18.2 Å². The second kappa shape index (κ2) is 9.61. The summed E-state index contributed by atoms with van der Waals surface area (Å²) in [5.74, 6) is 0.723. The van der Waals surface area contributed by atoms with Crippen molar-refractivity contribution in [1.82, 2.24) is 9.97 Å². The highest BCUT2D eigenvalue weighted by Crippen LogP contribution is 2.40. The SMILES string of the molecule is CC(C)(C)OC(=O)Nc1ccc2c(c1)N(S(=O)(=O)c1cccc(C(F)(F)F)c1)CC(Cc1ncc[nH]1)O2. The number of nitrogens with zero attached hydrogens (tertiary/aromatic N) is 2. The first-order chi connectivity index (χ1) is 17.2. The second-order valence-electron chi connectivity index (χ2n) is 9.35. The molecule has 3 aromatic rings. The molecule has 2 heterocycles. The van der Waals surface area contributed by atoms with Crippen LogP contribution in [-0.2, 0) is 27.4 Å². The number of ether oxygens (including phenoxy) is 2. The van der Waals surface area contributed by atoms with E-state index >= 15 is 0 Å². The molecule has 1 unspecified atom stereocenters. The number of sulfonamides is 1. The fourth-order valence-corrected chi connectivity index (χ4v) is 5.28. The Kier molecular flexibility index (Phi) is 6.84. The summed E-state index contributed by atoms with van der Waals surface area (Å²) in [7, 11) is -4.47. The van der Waals surface area contributed by atoms with Gasteiger partial charge < -0.3 is 14.5 Å². The lowest BCUT2D eigenvalue weighted by molar-refractivity contribution is -0.137. The number of hydrogen-bond acceptors (Lipinski definition) is 6. The number of alkyl halides is 3. The first-order valence-electron chi connectivity index (χ1n) is 11.2. The summed E-state index contributed by atoms with van der Waals surface area (Å²) in [6.45, 7) is 4.86. The lowest BCUT2D eigenvalue weighted by Crippen LogP contribution is -2.44. The predicted molar refractivity (Wildman–Crippen MR) is 129 cm³/mol. The summed E-state index contributed by atoms with van der Waals surface area (Å²) < 4.78 is 79.5. The van der Waals surface area contributed by atoms with E-state index in [-0.39, 0.29) is 30.1 Å². The zero-order valence-electron chi connectivity index (χ0n) is 20.2. The molecule has 0 fully saturated rings. The molecule has 1 aromatic heterocycles. The largest absolute Gasteiger partial charge is 0.486 e. The Morgan fingerprint density at radius 2 is 1.97 bits per heavy atom. The van der Waals surface area contributed by atoms with Crippen LogP contribution in [0.2, 0.25) is 0 Å². The van der Waals surface area contributed by atoms with Gasteiger partial charge in [-0.15, -0.1) is 0 Å². The molecule has 0 saturated heterocycles. The van der Waals surface area contributed by atoms with Crippen molar-refractivity contribution in [3.8, 4) is 5.75 Å².